The van der Waals surface area contributed by atoms with E-state index in [0.717, 1.165) is 15.7 Å². The normalized spacial score (nSPS) is 11.0. The standard InChI is InChI=1S/C16H10BrN3O3S/c17-12-5-2-1-4-11(12)15-18-19-16(22-15)24-9-10-8-14(23-20-10)13-6-3-7-21-13/h1-8H,9H2. The molecule has 0 atom stereocenters. The zero-order chi connectivity index (χ0) is 16.4. The predicted octanol–water partition coefficient (Wildman–Crippen LogP) is 5.04. The summed E-state index contributed by atoms with van der Waals surface area (Å²) in [6.45, 7) is 0. The molecule has 0 spiro atoms. The van der Waals surface area contributed by atoms with Gasteiger partial charge in [-0.25, -0.2) is 0 Å². The molecule has 0 saturated heterocycles. The van der Waals surface area contributed by atoms with E-state index >= 15 is 0 Å². The first-order valence-electron chi connectivity index (χ1n) is 7.00. The lowest BCUT2D eigenvalue weighted by atomic mass is 10.2. The van der Waals surface area contributed by atoms with Crippen molar-refractivity contribution in [2.24, 2.45) is 0 Å². The Bertz CT molecular complexity index is 949. The number of nitrogens with zero attached hydrogens (tertiary/aromatic N) is 3. The summed E-state index contributed by atoms with van der Waals surface area (Å²) in [5.41, 5.74) is 1.63. The summed E-state index contributed by atoms with van der Waals surface area (Å²) in [6, 6.07) is 13.1. The van der Waals surface area contributed by atoms with Crippen LogP contribution < -0.4 is 0 Å². The van der Waals surface area contributed by atoms with Crippen molar-refractivity contribution in [3.8, 4) is 23.0 Å². The molecule has 0 aliphatic carbocycles. The fraction of sp³-hybridized carbons (Fsp3) is 0.0625. The van der Waals surface area contributed by atoms with Crippen LogP contribution in [0.3, 0.4) is 0 Å². The third kappa shape index (κ3) is 3.15. The number of hydrogen-bond acceptors (Lipinski definition) is 7. The van der Waals surface area contributed by atoms with Crippen molar-refractivity contribution in [2.45, 2.75) is 11.0 Å². The van der Waals surface area contributed by atoms with Crippen molar-refractivity contribution in [1.29, 1.82) is 0 Å². The minimum Gasteiger partial charge on any atom is -0.461 e. The first-order chi connectivity index (χ1) is 11.8. The van der Waals surface area contributed by atoms with Gasteiger partial charge < -0.3 is 13.4 Å². The molecule has 0 aliphatic heterocycles. The molecule has 0 N–H and O–H groups in total. The van der Waals surface area contributed by atoms with E-state index in [-0.39, 0.29) is 0 Å². The molecule has 0 unspecified atom stereocenters. The van der Waals surface area contributed by atoms with Crippen LogP contribution in [0.5, 0.6) is 0 Å². The van der Waals surface area contributed by atoms with Gasteiger partial charge in [0, 0.05) is 16.3 Å². The summed E-state index contributed by atoms with van der Waals surface area (Å²) >= 11 is 4.87. The zero-order valence-corrected chi connectivity index (χ0v) is 14.6. The molecule has 4 rings (SSSR count). The Balaban J connectivity index is 1.45. The molecular weight excluding hydrogens is 394 g/mol. The molecule has 120 valence electrons. The third-order valence-electron chi connectivity index (χ3n) is 3.18. The van der Waals surface area contributed by atoms with Crippen molar-refractivity contribution >= 4 is 27.7 Å². The lowest BCUT2D eigenvalue weighted by molar-refractivity contribution is 0.413. The zero-order valence-electron chi connectivity index (χ0n) is 12.2. The lowest BCUT2D eigenvalue weighted by Crippen LogP contribution is -1.79. The number of furan rings is 1. The maximum absolute atomic E-state index is 5.69. The van der Waals surface area contributed by atoms with Gasteiger partial charge in [-0.2, -0.15) is 0 Å². The molecule has 0 radical (unpaired) electrons. The van der Waals surface area contributed by atoms with E-state index in [2.05, 4.69) is 31.3 Å². The Kier molecular flexibility index (Phi) is 4.22. The molecule has 1 aromatic carbocycles. The average molecular weight is 404 g/mol. The van der Waals surface area contributed by atoms with E-state index in [0.29, 0.717) is 28.4 Å². The van der Waals surface area contributed by atoms with Crippen LogP contribution in [-0.2, 0) is 5.75 Å². The van der Waals surface area contributed by atoms with Crippen LogP contribution in [0.1, 0.15) is 5.69 Å². The van der Waals surface area contributed by atoms with Crippen molar-refractivity contribution in [1.82, 2.24) is 15.4 Å². The lowest BCUT2D eigenvalue weighted by Gasteiger charge is -1.97. The summed E-state index contributed by atoms with van der Waals surface area (Å²) in [5, 5.41) is 12.6. The Labute approximate surface area is 149 Å². The monoisotopic (exact) mass is 403 g/mol. The summed E-state index contributed by atoms with van der Waals surface area (Å²) in [7, 11) is 0. The SMILES string of the molecule is Brc1ccccc1-c1nnc(SCc2cc(-c3ccco3)on2)o1. The maximum Gasteiger partial charge on any atom is 0.277 e. The van der Waals surface area contributed by atoms with Crippen LogP contribution in [0.15, 0.2) is 71.8 Å². The van der Waals surface area contributed by atoms with Gasteiger partial charge in [0.25, 0.3) is 5.22 Å². The van der Waals surface area contributed by atoms with Crippen LogP contribution >= 0.6 is 27.7 Å². The molecule has 3 heterocycles. The molecule has 0 saturated carbocycles. The van der Waals surface area contributed by atoms with Gasteiger partial charge in [-0.15, -0.1) is 10.2 Å². The van der Waals surface area contributed by atoms with Gasteiger partial charge in [-0.3, -0.25) is 0 Å². The van der Waals surface area contributed by atoms with Gasteiger partial charge in [-0.1, -0.05) is 29.1 Å². The fourth-order valence-corrected chi connectivity index (χ4v) is 3.16. The molecular formula is C16H10BrN3O3S. The minimum absolute atomic E-state index is 0.474. The number of halogens is 1. The van der Waals surface area contributed by atoms with Gasteiger partial charge in [0.15, 0.2) is 5.76 Å². The van der Waals surface area contributed by atoms with Gasteiger partial charge in [0.05, 0.1) is 17.5 Å². The van der Waals surface area contributed by atoms with Crippen LogP contribution in [0, 0.1) is 0 Å². The quantitative estimate of drug-likeness (QED) is 0.431. The Morgan fingerprint density at radius 1 is 1.04 bits per heavy atom. The molecule has 0 fully saturated rings. The molecule has 4 aromatic rings. The molecule has 0 aliphatic rings. The van der Waals surface area contributed by atoms with Crippen LogP contribution in [0.2, 0.25) is 0 Å². The van der Waals surface area contributed by atoms with E-state index in [4.69, 9.17) is 13.4 Å². The molecule has 6 nitrogen and oxygen atoms in total. The second kappa shape index (κ2) is 6.66. The fourth-order valence-electron chi connectivity index (χ4n) is 2.06. The third-order valence-corrected chi connectivity index (χ3v) is 4.72. The number of aromatic nitrogens is 3. The van der Waals surface area contributed by atoms with Crippen LogP contribution in [-0.4, -0.2) is 15.4 Å². The average Bonchev–Trinajstić information content (AvgIpc) is 3.34. The smallest absolute Gasteiger partial charge is 0.277 e. The maximum atomic E-state index is 5.69. The number of thioether (sulfide) groups is 1. The van der Waals surface area contributed by atoms with E-state index in [1.54, 1.807) is 12.3 Å². The Morgan fingerprint density at radius 2 is 1.96 bits per heavy atom. The van der Waals surface area contributed by atoms with E-state index < -0.39 is 0 Å². The molecule has 0 bridgehead atoms. The highest BCUT2D eigenvalue weighted by molar-refractivity contribution is 9.10. The highest BCUT2D eigenvalue weighted by Gasteiger charge is 2.14. The molecule has 24 heavy (non-hydrogen) atoms. The van der Waals surface area contributed by atoms with Crippen LogP contribution in [0.4, 0.5) is 0 Å². The number of benzene rings is 1. The second-order valence-corrected chi connectivity index (χ2v) is 6.58. The summed E-state index contributed by atoms with van der Waals surface area (Å²) < 4.78 is 17.1. The number of rotatable bonds is 5. The summed E-state index contributed by atoms with van der Waals surface area (Å²) in [6.07, 6.45) is 1.59. The number of hydrogen-bond donors (Lipinski definition) is 0. The van der Waals surface area contributed by atoms with E-state index in [9.17, 15) is 0 Å². The van der Waals surface area contributed by atoms with Crippen molar-refractivity contribution in [3.63, 3.8) is 0 Å². The van der Waals surface area contributed by atoms with Crippen LogP contribution in [0.25, 0.3) is 23.0 Å². The molecule has 8 heteroatoms. The van der Waals surface area contributed by atoms with E-state index in [1.165, 1.54) is 11.8 Å². The highest BCUT2D eigenvalue weighted by atomic mass is 79.9. The topological polar surface area (TPSA) is 78.1 Å². The van der Waals surface area contributed by atoms with Crippen molar-refractivity contribution < 1.29 is 13.4 Å². The molecule has 0 amide bonds. The van der Waals surface area contributed by atoms with E-state index in [1.807, 2.05) is 36.4 Å². The van der Waals surface area contributed by atoms with Crippen molar-refractivity contribution in [2.75, 3.05) is 0 Å². The first-order valence-corrected chi connectivity index (χ1v) is 8.78. The predicted molar refractivity (Wildman–Crippen MR) is 91.2 cm³/mol. The largest absolute Gasteiger partial charge is 0.461 e. The summed E-state index contributed by atoms with van der Waals surface area (Å²) in [4.78, 5) is 0. The van der Waals surface area contributed by atoms with Gasteiger partial charge in [-0.05, 0) is 40.2 Å². The van der Waals surface area contributed by atoms with Gasteiger partial charge in [0.1, 0.15) is 0 Å². The van der Waals surface area contributed by atoms with Gasteiger partial charge in [0.2, 0.25) is 11.7 Å². The Morgan fingerprint density at radius 3 is 2.79 bits per heavy atom. The van der Waals surface area contributed by atoms with Gasteiger partial charge >= 0.3 is 0 Å². The first kappa shape index (κ1) is 15.2. The minimum atomic E-state index is 0.474. The van der Waals surface area contributed by atoms with Crippen molar-refractivity contribution in [3.05, 3.63) is 58.9 Å². The highest BCUT2D eigenvalue weighted by Crippen LogP contribution is 2.30. The Hall–Kier alpha value is -2.32. The summed E-state index contributed by atoms with van der Waals surface area (Å²) in [5.74, 6) is 2.27. The second-order valence-electron chi connectivity index (χ2n) is 4.80. The molecule has 3 aromatic heterocycles.